The molecule has 0 atom stereocenters. The molecule has 0 aliphatic carbocycles. The zero-order valence-corrected chi connectivity index (χ0v) is 14.2. The van der Waals surface area contributed by atoms with Gasteiger partial charge in [-0.1, -0.05) is 47.8 Å². The highest BCUT2D eigenvalue weighted by Crippen LogP contribution is 2.26. The fourth-order valence-corrected chi connectivity index (χ4v) is 3.17. The Balaban J connectivity index is 2.28. The quantitative estimate of drug-likeness (QED) is 0.682. The van der Waals surface area contributed by atoms with Gasteiger partial charge in [0.05, 0.1) is 5.56 Å². The number of amides is 1. The topological polar surface area (TPSA) is 49.3 Å². The number of carbonyl (C=O) groups is 1. The first-order chi connectivity index (χ1) is 8.95. The Morgan fingerprint density at radius 1 is 0.947 bits per heavy atom. The third-order valence-electron chi connectivity index (χ3n) is 2.32. The minimum atomic E-state index is -0.371. The third-order valence-corrected chi connectivity index (χ3v) is 3.73. The SMILES string of the molecule is O=C(Nc1cc(Br)cc(Br)c1)c1cc(Br)ccc1O. The average molecular weight is 450 g/mol. The van der Waals surface area contributed by atoms with Gasteiger partial charge in [0.15, 0.2) is 0 Å². The fraction of sp³-hybridized carbons (Fsp3) is 0. The lowest BCUT2D eigenvalue weighted by molar-refractivity contribution is 0.102. The summed E-state index contributed by atoms with van der Waals surface area (Å²) in [5, 5.41) is 12.4. The van der Waals surface area contributed by atoms with Crippen molar-refractivity contribution in [2.45, 2.75) is 0 Å². The van der Waals surface area contributed by atoms with Crippen molar-refractivity contribution in [2.24, 2.45) is 0 Å². The van der Waals surface area contributed by atoms with Crippen molar-refractivity contribution in [1.29, 1.82) is 0 Å². The number of aromatic hydroxyl groups is 1. The number of nitrogens with one attached hydrogen (secondary N) is 1. The molecule has 98 valence electrons. The summed E-state index contributed by atoms with van der Waals surface area (Å²) in [6.07, 6.45) is 0. The molecule has 2 N–H and O–H groups in total. The highest BCUT2D eigenvalue weighted by atomic mass is 79.9. The number of anilines is 1. The van der Waals surface area contributed by atoms with Gasteiger partial charge >= 0.3 is 0 Å². The number of hydrogen-bond acceptors (Lipinski definition) is 2. The fourth-order valence-electron chi connectivity index (χ4n) is 1.51. The normalized spacial score (nSPS) is 10.3. The van der Waals surface area contributed by atoms with Gasteiger partial charge in [-0.2, -0.15) is 0 Å². The molecule has 0 bridgehead atoms. The van der Waals surface area contributed by atoms with Crippen LogP contribution in [0, 0.1) is 0 Å². The number of phenolic OH excluding ortho intramolecular Hbond substituents is 1. The van der Waals surface area contributed by atoms with Gasteiger partial charge in [0.25, 0.3) is 5.91 Å². The van der Waals surface area contributed by atoms with Crippen molar-refractivity contribution in [3.8, 4) is 5.75 Å². The molecule has 0 unspecified atom stereocenters. The van der Waals surface area contributed by atoms with Crippen LogP contribution in [0.4, 0.5) is 5.69 Å². The summed E-state index contributed by atoms with van der Waals surface area (Å²) in [5.74, 6) is -0.432. The van der Waals surface area contributed by atoms with E-state index in [4.69, 9.17) is 0 Å². The predicted octanol–water partition coefficient (Wildman–Crippen LogP) is 4.93. The Labute approximate surface area is 135 Å². The molecule has 3 nitrogen and oxygen atoms in total. The lowest BCUT2D eigenvalue weighted by atomic mass is 10.2. The van der Waals surface area contributed by atoms with E-state index in [9.17, 15) is 9.90 Å². The molecular weight excluding hydrogens is 442 g/mol. The van der Waals surface area contributed by atoms with Crippen LogP contribution in [-0.2, 0) is 0 Å². The van der Waals surface area contributed by atoms with Crippen molar-refractivity contribution < 1.29 is 9.90 Å². The molecule has 2 rings (SSSR count). The molecule has 0 spiro atoms. The van der Waals surface area contributed by atoms with Crippen LogP contribution in [0.15, 0.2) is 49.8 Å². The number of halogens is 3. The summed E-state index contributed by atoms with van der Waals surface area (Å²) < 4.78 is 2.41. The second kappa shape index (κ2) is 6.07. The van der Waals surface area contributed by atoms with Crippen molar-refractivity contribution in [3.05, 3.63) is 55.4 Å². The van der Waals surface area contributed by atoms with Gasteiger partial charge in [-0.25, -0.2) is 0 Å². The van der Waals surface area contributed by atoms with Gasteiger partial charge in [0, 0.05) is 19.1 Å². The second-order valence-electron chi connectivity index (χ2n) is 3.77. The molecule has 19 heavy (non-hydrogen) atoms. The molecule has 6 heteroatoms. The minimum absolute atomic E-state index is 0.0604. The molecular formula is C13H8Br3NO2. The molecule has 0 aromatic heterocycles. The Kier molecular flexibility index (Phi) is 4.65. The molecule has 0 heterocycles. The summed E-state index contributed by atoms with van der Waals surface area (Å²) >= 11 is 9.96. The molecule has 0 radical (unpaired) electrons. The Hall–Kier alpha value is -0.850. The number of rotatable bonds is 2. The molecule has 0 aliphatic rings. The number of benzene rings is 2. The van der Waals surface area contributed by atoms with E-state index in [1.807, 2.05) is 6.07 Å². The predicted molar refractivity (Wildman–Crippen MR) is 85.6 cm³/mol. The smallest absolute Gasteiger partial charge is 0.259 e. The van der Waals surface area contributed by atoms with Gasteiger partial charge in [-0.3, -0.25) is 4.79 Å². The minimum Gasteiger partial charge on any atom is -0.507 e. The van der Waals surface area contributed by atoms with Gasteiger partial charge in [0.1, 0.15) is 5.75 Å². The lowest BCUT2D eigenvalue weighted by Crippen LogP contribution is -2.12. The summed E-state index contributed by atoms with van der Waals surface area (Å²) in [7, 11) is 0. The first-order valence-electron chi connectivity index (χ1n) is 5.21. The molecule has 2 aromatic rings. The largest absolute Gasteiger partial charge is 0.507 e. The van der Waals surface area contributed by atoms with E-state index in [0.717, 1.165) is 13.4 Å². The van der Waals surface area contributed by atoms with Gasteiger partial charge < -0.3 is 10.4 Å². The van der Waals surface area contributed by atoms with E-state index < -0.39 is 0 Å². The molecule has 0 saturated carbocycles. The lowest BCUT2D eigenvalue weighted by Gasteiger charge is -2.08. The average Bonchev–Trinajstić information content (AvgIpc) is 2.30. The monoisotopic (exact) mass is 447 g/mol. The van der Waals surface area contributed by atoms with Crippen LogP contribution in [0.3, 0.4) is 0 Å². The van der Waals surface area contributed by atoms with Crippen LogP contribution in [0.25, 0.3) is 0 Å². The highest BCUT2D eigenvalue weighted by Gasteiger charge is 2.12. The zero-order chi connectivity index (χ0) is 14.0. The van der Waals surface area contributed by atoms with Gasteiger partial charge in [0.2, 0.25) is 0 Å². The van der Waals surface area contributed by atoms with Gasteiger partial charge in [-0.15, -0.1) is 0 Å². The van der Waals surface area contributed by atoms with E-state index in [-0.39, 0.29) is 17.2 Å². The molecule has 0 saturated heterocycles. The molecule has 0 fully saturated rings. The number of phenols is 1. The van der Waals surface area contributed by atoms with Crippen LogP contribution >= 0.6 is 47.8 Å². The van der Waals surface area contributed by atoms with Crippen molar-refractivity contribution in [2.75, 3.05) is 5.32 Å². The molecule has 1 amide bonds. The molecule has 0 aliphatic heterocycles. The van der Waals surface area contributed by atoms with Crippen LogP contribution in [0.1, 0.15) is 10.4 Å². The van der Waals surface area contributed by atoms with Gasteiger partial charge in [-0.05, 0) is 36.4 Å². The summed E-state index contributed by atoms with van der Waals surface area (Å²) in [6.45, 7) is 0. The Morgan fingerprint density at radius 2 is 1.58 bits per heavy atom. The maximum atomic E-state index is 12.1. The van der Waals surface area contributed by atoms with E-state index in [2.05, 4.69) is 53.1 Å². The second-order valence-corrected chi connectivity index (χ2v) is 6.52. The standard InChI is InChI=1S/C13H8Br3NO2/c14-7-1-2-12(18)11(6-7)13(19)17-10-4-8(15)3-9(16)5-10/h1-6,18H,(H,17,19). The van der Waals surface area contributed by atoms with Crippen molar-refractivity contribution in [1.82, 2.24) is 0 Å². The van der Waals surface area contributed by atoms with Crippen molar-refractivity contribution >= 4 is 59.4 Å². The van der Waals surface area contributed by atoms with Crippen molar-refractivity contribution in [3.63, 3.8) is 0 Å². The maximum Gasteiger partial charge on any atom is 0.259 e. The number of hydrogen-bond donors (Lipinski definition) is 2. The molecule has 2 aromatic carbocycles. The van der Waals surface area contributed by atoms with E-state index in [0.29, 0.717) is 5.69 Å². The van der Waals surface area contributed by atoms with Crippen LogP contribution in [-0.4, -0.2) is 11.0 Å². The Bertz CT molecular complexity index is 624. The Morgan fingerprint density at radius 3 is 2.21 bits per heavy atom. The van der Waals surface area contributed by atoms with Crippen LogP contribution in [0.2, 0.25) is 0 Å². The first-order valence-corrected chi connectivity index (χ1v) is 7.59. The van der Waals surface area contributed by atoms with E-state index in [1.54, 1.807) is 24.3 Å². The van der Waals surface area contributed by atoms with E-state index in [1.165, 1.54) is 6.07 Å². The third kappa shape index (κ3) is 3.81. The number of carbonyl (C=O) groups excluding carboxylic acids is 1. The van der Waals surface area contributed by atoms with E-state index >= 15 is 0 Å². The van der Waals surface area contributed by atoms with Crippen LogP contribution in [0.5, 0.6) is 5.75 Å². The summed E-state index contributed by atoms with van der Waals surface area (Å²) in [5.41, 5.74) is 0.844. The summed E-state index contributed by atoms with van der Waals surface area (Å²) in [4.78, 5) is 12.1. The van der Waals surface area contributed by atoms with Crippen LogP contribution < -0.4 is 5.32 Å². The maximum absolute atomic E-state index is 12.1. The summed E-state index contributed by atoms with van der Waals surface area (Å²) in [6, 6.07) is 10.1. The zero-order valence-electron chi connectivity index (χ0n) is 9.45. The first kappa shape index (κ1) is 14.6. The highest BCUT2D eigenvalue weighted by molar-refractivity contribution is 9.11.